The average molecular weight is 296 g/mol. The third kappa shape index (κ3) is 3.61. The normalized spacial score (nSPS) is 14.6. The van der Waals surface area contributed by atoms with Crippen molar-refractivity contribution in [3.63, 3.8) is 0 Å². The van der Waals surface area contributed by atoms with Crippen LogP contribution in [0.25, 0.3) is 0 Å². The Bertz CT molecular complexity index is 606. The van der Waals surface area contributed by atoms with E-state index in [0.29, 0.717) is 12.2 Å². The summed E-state index contributed by atoms with van der Waals surface area (Å²) < 4.78 is 0. The van der Waals surface area contributed by atoms with E-state index in [0.717, 1.165) is 24.3 Å². The van der Waals surface area contributed by atoms with Gasteiger partial charge >= 0.3 is 0 Å². The molecule has 3 heterocycles. The van der Waals surface area contributed by atoms with Gasteiger partial charge in [-0.3, -0.25) is 9.78 Å². The minimum absolute atomic E-state index is 0.158. The number of pyridine rings is 2. The second kappa shape index (κ2) is 7.02. The van der Waals surface area contributed by atoms with Crippen molar-refractivity contribution in [3.8, 4) is 0 Å². The molecular weight excluding hydrogens is 276 g/mol. The second-order valence-electron chi connectivity index (χ2n) is 5.49. The lowest BCUT2D eigenvalue weighted by Crippen LogP contribution is -2.29. The Kier molecular flexibility index (Phi) is 4.63. The van der Waals surface area contributed by atoms with Gasteiger partial charge in [0.15, 0.2) is 0 Å². The van der Waals surface area contributed by atoms with Crippen molar-refractivity contribution in [2.24, 2.45) is 0 Å². The molecule has 1 aliphatic heterocycles. The molecule has 1 saturated heterocycles. The molecule has 0 unspecified atom stereocenters. The molecule has 0 aromatic carbocycles. The number of hydrogen-bond acceptors (Lipinski definition) is 4. The van der Waals surface area contributed by atoms with E-state index in [-0.39, 0.29) is 5.91 Å². The molecule has 0 spiro atoms. The molecule has 5 heteroatoms. The highest BCUT2D eigenvalue weighted by Crippen LogP contribution is 2.18. The van der Waals surface area contributed by atoms with Crippen LogP contribution in [0.5, 0.6) is 0 Å². The molecule has 0 radical (unpaired) electrons. The van der Waals surface area contributed by atoms with Crippen molar-refractivity contribution < 1.29 is 4.79 Å². The Hall–Kier alpha value is -2.43. The third-order valence-electron chi connectivity index (χ3n) is 3.88. The fourth-order valence-corrected chi connectivity index (χ4v) is 2.64. The first-order chi connectivity index (χ1) is 10.8. The average Bonchev–Trinajstić information content (AvgIpc) is 2.61. The van der Waals surface area contributed by atoms with Crippen LogP contribution < -0.4 is 10.2 Å². The number of nitrogens with zero attached hydrogens (tertiary/aromatic N) is 3. The SMILES string of the molecule is O=C(NCc1cccnc1)c1ccc(N2CCCCC2)cn1. The number of carbonyl (C=O) groups is 1. The lowest BCUT2D eigenvalue weighted by molar-refractivity contribution is 0.0946. The van der Waals surface area contributed by atoms with Gasteiger partial charge in [-0.15, -0.1) is 0 Å². The van der Waals surface area contributed by atoms with Gasteiger partial charge in [0.1, 0.15) is 5.69 Å². The molecule has 1 amide bonds. The van der Waals surface area contributed by atoms with Crippen LogP contribution in [0.1, 0.15) is 35.3 Å². The van der Waals surface area contributed by atoms with Crippen LogP contribution in [0.4, 0.5) is 5.69 Å². The fraction of sp³-hybridized carbons (Fsp3) is 0.353. The van der Waals surface area contributed by atoms with Crippen molar-refractivity contribution in [1.82, 2.24) is 15.3 Å². The van der Waals surface area contributed by atoms with E-state index in [1.165, 1.54) is 19.3 Å². The maximum Gasteiger partial charge on any atom is 0.270 e. The van der Waals surface area contributed by atoms with Gasteiger partial charge in [0.2, 0.25) is 0 Å². The number of rotatable bonds is 4. The topological polar surface area (TPSA) is 58.1 Å². The number of piperidine rings is 1. The van der Waals surface area contributed by atoms with Gasteiger partial charge in [-0.1, -0.05) is 6.07 Å². The standard InChI is InChI=1S/C17H20N4O/c22-17(20-12-14-5-4-8-18-11-14)16-7-6-15(13-19-16)21-9-2-1-3-10-21/h4-8,11,13H,1-3,9-10,12H2,(H,20,22). The predicted molar refractivity (Wildman–Crippen MR) is 85.7 cm³/mol. The molecular formula is C17H20N4O. The van der Waals surface area contributed by atoms with Crippen LogP contribution in [0.2, 0.25) is 0 Å². The zero-order valence-electron chi connectivity index (χ0n) is 12.5. The number of aromatic nitrogens is 2. The highest BCUT2D eigenvalue weighted by Gasteiger charge is 2.12. The summed E-state index contributed by atoms with van der Waals surface area (Å²) in [5.74, 6) is -0.158. The van der Waals surface area contributed by atoms with Crippen molar-refractivity contribution >= 4 is 11.6 Å². The number of amides is 1. The summed E-state index contributed by atoms with van der Waals surface area (Å²) in [5, 5.41) is 2.86. The molecule has 22 heavy (non-hydrogen) atoms. The third-order valence-corrected chi connectivity index (χ3v) is 3.88. The summed E-state index contributed by atoms with van der Waals surface area (Å²) in [5.41, 5.74) is 2.52. The van der Waals surface area contributed by atoms with E-state index < -0.39 is 0 Å². The molecule has 0 bridgehead atoms. The first-order valence-electron chi connectivity index (χ1n) is 7.71. The first-order valence-corrected chi connectivity index (χ1v) is 7.71. The Balaban J connectivity index is 1.58. The lowest BCUT2D eigenvalue weighted by Gasteiger charge is -2.28. The van der Waals surface area contributed by atoms with E-state index in [1.54, 1.807) is 24.7 Å². The lowest BCUT2D eigenvalue weighted by atomic mass is 10.1. The van der Waals surface area contributed by atoms with E-state index in [1.807, 2.05) is 18.2 Å². The molecule has 0 saturated carbocycles. The molecule has 0 aliphatic carbocycles. The number of nitrogens with one attached hydrogen (secondary N) is 1. The summed E-state index contributed by atoms with van der Waals surface area (Å²) in [6, 6.07) is 7.56. The van der Waals surface area contributed by atoms with E-state index in [9.17, 15) is 4.79 Å². The van der Waals surface area contributed by atoms with Gasteiger partial charge in [0, 0.05) is 32.0 Å². The Morgan fingerprint density at radius 1 is 1.14 bits per heavy atom. The molecule has 5 nitrogen and oxygen atoms in total. The minimum atomic E-state index is -0.158. The Morgan fingerprint density at radius 3 is 2.68 bits per heavy atom. The summed E-state index contributed by atoms with van der Waals surface area (Å²) >= 11 is 0. The fourth-order valence-electron chi connectivity index (χ4n) is 2.64. The number of anilines is 1. The molecule has 2 aromatic heterocycles. The summed E-state index contributed by atoms with van der Waals surface area (Å²) in [7, 11) is 0. The van der Waals surface area contributed by atoms with Crippen molar-refractivity contribution in [1.29, 1.82) is 0 Å². The van der Waals surface area contributed by atoms with E-state index in [4.69, 9.17) is 0 Å². The summed E-state index contributed by atoms with van der Waals surface area (Å²) in [4.78, 5) is 22.7. The highest BCUT2D eigenvalue weighted by atomic mass is 16.1. The minimum Gasteiger partial charge on any atom is -0.370 e. The van der Waals surface area contributed by atoms with Crippen LogP contribution in [-0.4, -0.2) is 29.0 Å². The van der Waals surface area contributed by atoms with Crippen molar-refractivity contribution in [2.75, 3.05) is 18.0 Å². The zero-order chi connectivity index (χ0) is 15.2. The maximum absolute atomic E-state index is 12.1. The molecule has 3 rings (SSSR count). The molecule has 1 N–H and O–H groups in total. The van der Waals surface area contributed by atoms with Gasteiger partial charge in [-0.05, 0) is 43.0 Å². The number of hydrogen-bond donors (Lipinski definition) is 1. The Labute approximate surface area is 130 Å². The van der Waals surface area contributed by atoms with Crippen LogP contribution in [0.3, 0.4) is 0 Å². The second-order valence-corrected chi connectivity index (χ2v) is 5.49. The summed E-state index contributed by atoms with van der Waals surface area (Å²) in [6.45, 7) is 2.62. The molecule has 1 fully saturated rings. The molecule has 0 atom stereocenters. The predicted octanol–water partition coefficient (Wildman–Crippen LogP) is 2.40. The van der Waals surface area contributed by atoms with Gasteiger partial charge in [0.25, 0.3) is 5.91 Å². The zero-order valence-corrected chi connectivity index (χ0v) is 12.5. The van der Waals surface area contributed by atoms with E-state index >= 15 is 0 Å². The van der Waals surface area contributed by atoms with Crippen LogP contribution in [-0.2, 0) is 6.54 Å². The molecule has 2 aromatic rings. The van der Waals surface area contributed by atoms with Crippen LogP contribution in [0, 0.1) is 0 Å². The van der Waals surface area contributed by atoms with E-state index in [2.05, 4.69) is 20.2 Å². The highest BCUT2D eigenvalue weighted by molar-refractivity contribution is 5.92. The van der Waals surface area contributed by atoms with Gasteiger partial charge in [-0.25, -0.2) is 4.98 Å². The monoisotopic (exact) mass is 296 g/mol. The smallest absolute Gasteiger partial charge is 0.270 e. The van der Waals surface area contributed by atoms with Crippen molar-refractivity contribution in [3.05, 3.63) is 54.1 Å². The van der Waals surface area contributed by atoms with Crippen LogP contribution in [0.15, 0.2) is 42.9 Å². The number of carbonyl (C=O) groups excluding carboxylic acids is 1. The van der Waals surface area contributed by atoms with Gasteiger partial charge in [0.05, 0.1) is 11.9 Å². The van der Waals surface area contributed by atoms with Crippen molar-refractivity contribution in [2.45, 2.75) is 25.8 Å². The van der Waals surface area contributed by atoms with Gasteiger partial charge in [-0.2, -0.15) is 0 Å². The largest absolute Gasteiger partial charge is 0.370 e. The molecule has 114 valence electrons. The first kappa shape index (κ1) is 14.5. The molecule has 1 aliphatic rings. The van der Waals surface area contributed by atoms with Gasteiger partial charge < -0.3 is 10.2 Å². The Morgan fingerprint density at radius 2 is 2.00 bits per heavy atom. The summed E-state index contributed by atoms with van der Waals surface area (Å²) in [6.07, 6.45) is 9.02. The quantitative estimate of drug-likeness (QED) is 0.941. The maximum atomic E-state index is 12.1. The van der Waals surface area contributed by atoms with Crippen LogP contribution >= 0.6 is 0 Å².